The van der Waals surface area contributed by atoms with Gasteiger partial charge in [-0.2, -0.15) is 5.10 Å². The fraction of sp³-hybridized carbons (Fsp3) is 0.200. The average Bonchev–Trinajstić information content (AvgIpc) is 2.78. The molecule has 1 aromatic heterocycles. The summed E-state index contributed by atoms with van der Waals surface area (Å²) in [5.74, 6) is 5.56. The van der Waals surface area contributed by atoms with Crippen LogP contribution in [0.15, 0.2) is 24.5 Å². The van der Waals surface area contributed by atoms with E-state index in [4.69, 9.17) is 5.84 Å². The van der Waals surface area contributed by atoms with E-state index in [1.165, 1.54) is 12.4 Å². The summed E-state index contributed by atoms with van der Waals surface area (Å²) in [5, 5.41) is 6.38. The number of hydrogen-bond donors (Lipinski definition) is 3. The van der Waals surface area contributed by atoms with Gasteiger partial charge in [-0.1, -0.05) is 17.7 Å². The maximum absolute atomic E-state index is 13.6. The largest absolute Gasteiger partial charge is 0.270 e. The standard InChI is InChI=1S/C10H12FN5/c1-6-2-3-8(11)7(4-6)9(15-12)10-13-5-14-16-10/h2-5,9,15H,12H2,1H3,(H,13,14,16). The molecular formula is C10H12FN5. The maximum Gasteiger partial charge on any atom is 0.147 e. The molecule has 84 valence electrons. The smallest absolute Gasteiger partial charge is 0.147 e. The van der Waals surface area contributed by atoms with Crippen molar-refractivity contribution >= 4 is 0 Å². The van der Waals surface area contributed by atoms with Crippen molar-refractivity contribution in [2.24, 2.45) is 5.84 Å². The van der Waals surface area contributed by atoms with Gasteiger partial charge in [-0.15, -0.1) is 0 Å². The highest BCUT2D eigenvalue weighted by Gasteiger charge is 2.18. The zero-order valence-corrected chi connectivity index (χ0v) is 8.74. The van der Waals surface area contributed by atoms with Crippen LogP contribution < -0.4 is 11.3 Å². The summed E-state index contributed by atoms with van der Waals surface area (Å²) in [6.07, 6.45) is 1.35. The third kappa shape index (κ3) is 1.93. The lowest BCUT2D eigenvalue weighted by Crippen LogP contribution is -2.30. The molecule has 1 heterocycles. The summed E-state index contributed by atoms with van der Waals surface area (Å²) in [5.41, 5.74) is 3.91. The first-order valence-corrected chi connectivity index (χ1v) is 4.80. The molecule has 0 aliphatic heterocycles. The molecule has 0 bridgehead atoms. The topological polar surface area (TPSA) is 79.6 Å². The van der Waals surface area contributed by atoms with Crippen molar-refractivity contribution in [3.63, 3.8) is 0 Å². The number of hydrazine groups is 1. The third-order valence-corrected chi connectivity index (χ3v) is 2.34. The third-order valence-electron chi connectivity index (χ3n) is 2.34. The molecule has 1 aromatic carbocycles. The van der Waals surface area contributed by atoms with Gasteiger partial charge in [0.2, 0.25) is 0 Å². The Bertz CT molecular complexity index is 468. The molecule has 5 nitrogen and oxygen atoms in total. The second-order valence-corrected chi connectivity index (χ2v) is 3.50. The molecule has 0 radical (unpaired) electrons. The van der Waals surface area contributed by atoms with Crippen LogP contribution in [0.25, 0.3) is 0 Å². The highest BCUT2D eigenvalue weighted by molar-refractivity contribution is 5.30. The van der Waals surface area contributed by atoms with E-state index in [9.17, 15) is 4.39 Å². The Hall–Kier alpha value is -1.79. The fourth-order valence-corrected chi connectivity index (χ4v) is 1.55. The number of halogens is 1. The molecule has 0 saturated heterocycles. The molecule has 2 aromatic rings. The van der Waals surface area contributed by atoms with Crippen LogP contribution in [0.1, 0.15) is 23.0 Å². The summed E-state index contributed by atoms with van der Waals surface area (Å²) < 4.78 is 13.6. The predicted molar refractivity (Wildman–Crippen MR) is 56.7 cm³/mol. The van der Waals surface area contributed by atoms with Crippen LogP contribution in [0.3, 0.4) is 0 Å². The van der Waals surface area contributed by atoms with Crippen molar-refractivity contribution in [1.82, 2.24) is 20.6 Å². The normalized spacial score (nSPS) is 12.7. The average molecular weight is 221 g/mol. The van der Waals surface area contributed by atoms with Gasteiger partial charge < -0.3 is 0 Å². The van der Waals surface area contributed by atoms with Crippen LogP contribution in [0.5, 0.6) is 0 Å². The van der Waals surface area contributed by atoms with E-state index >= 15 is 0 Å². The molecule has 6 heteroatoms. The van der Waals surface area contributed by atoms with Crippen molar-refractivity contribution in [1.29, 1.82) is 0 Å². The Morgan fingerprint density at radius 3 is 2.94 bits per heavy atom. The zero-order valence-electron chi connectivity index (χ0n) is 8.74. The lowest BCUT2D eigenvalue weighted by atomic mass is 10.0. The van der Waals surface area contributed by atoms with Crippen molar-refractivity contribution in [2.75, 3.05) is 0 Å². The summed E-state index contributed by atoms with van der Waals surface area (Å²) in [7, 11) is 0. The molecule has 0 spiro atoms. The monoisotopic (exact) mass is 221 g/mol. The number of aromatic nitrogens is 3. The molecule has 4 N–H and O–H groups in total. The van der Waals surface area contributed by atoms with Gasteiger partial charge in [0.25, 0.3) is 0 Å². The summed E-state index contributed by atoms with van der Waals surface area (Å²) >= 11 is 0. The number of aryl methyl sites for hydroxylation is 1. The number of aromatic amines is 1. The van der Waals surface area contributed by atoms with E-state index in [1.807, 2.05) is 6.92 Å². The predicted octanol–water partition coefficient (Wildman–Crippen LogP) is 0.805. The number of hydrogen-bond acceptors (Lipinski definition) is 4. The number of rotatable bonds is 3. The number of H-pyrrole nitrogens is 1. The molecular weight excluding hydrogens is 209 g/mol. The molecule has 0 aliphatic rings. The summed E-state index contributed by atoms with van der Waals surface area (Å²) in [6.45, 7) is 1.89. The summed E-state index contributed by atoms with van der Waals surface area (Å²) in [6, 6.07) is 4.31. The highest BCUT2D eigenvalue weighted by atomic mass is 19.1. The SMILES string of the molecule is Cc1ccc(F)c(C(NN)c2ncn[nH]2)c1. The van der Waals surface area contributed by atoms with E-state index < -0.39 is 6.04 Å². The van der Waals surface area contributed by atoms with Crippen LogP contribution in [0.2, 0.25) is 0 Å². The Balaban J connectivity index is 2.44. The molecule has 0 saturated carbocycles. The fourth-order valence-electron chi connectivity index (χ4n) is 1.55. The first kappa shape index (κ1) is 10.7. The van der Waals surface area contributed by atoms with Crippen LogP contribution in [-0.4, -0.2) is 15.2 Å². The zero-order chi connectivity index (χ0) is 11.5. The van der Waals surface area contributed by atoms with Gasteiger partial charge >= 0.3 is 0 Å². The summed E-state index contributed by atoms with van der Waals surface area (Å²) in [4.78, 5) is 3.96. The molecule has 16 heavy (non-hydrogen) atoms. The Labute approximate surface area is 91.9 Å². The van der Waals surface area contributed by atoms with E-state index in [0.29, 0.717) is 11.4 Å². The molecule has 0 fully saturated rings. The van der Waals surface area contributed by atoms with Crippen LogP contribution in [0.4, 0.5) is 4.39 Å². The molecule has 0 amide bonds. The van der Waals surface area contributed by atoms with E-state index in [1.54, 1.807) is 12.1 Å². The second kappa shape index (κ2) is 4.38. The minimum absolute atomic E-state index is 0.329. The van der Waals surface area contributed by atoms with Gasteiger partial charge in [-0.25, -0.2) is 14.8 Å². The Morgan fingerprint density at radius 2 is 2.31 bits per heavy atom. The van der Waals surface area contributed by atoms with Gasteiger partial charge in [-0.3, -0.25) is 10.9 Å². The van der Waals surface area contributed by atoms with Crippen molar-refractivity contribution in [3.8, 4) is 0 Å². The first-order chi connectivity index (χ1) is 7.72. The highest BCUT2D eigenvalue weighted by Crippen LogP contribution is 2.21. The Kier molecular flexibility index (Phi) is 2.93. The van der Waals surface area contributed by atoms with Crippen LogP contribution in [0, 0.1) is 12.7 Å². The minimum Gasteiger partial charge on any atom is -0.270 e. The molecule has 1 unspecified atom stereocenters. The molecule has 1 atom stereocenters. The van der Waals surface area contributed by atoms with Gasteiger partial charge in [0.1, 0.15) is 24.0 Å². The van der Waals surface area contributed by atoms with Gasteiger partial charge in [0.15, 0.2) is 0 Å². The lowest BCUT2D eigenvalue weighted by Gasteiger charge is -2.14. The minimum atomic E-state index is -0.526. The van der Waals surface area contributed by atoms with Gasteiger partial charge in [0, 0.05) is 5.56 Å². The second-order valence-electron chi connectivity index (χ2n) is 3.50. The van der Waals surface area contributed by atoms with E-state index in [0.717, 1.165) is 5.56 Å². The van der Waals surface area contributed by atoms with Gasteiger partial charge in [-0.05, 0) is 13.0 Å². The number of nitrogens with two attached hydrogens (primary N) is 1. The maximum atomic E-state index is 13.6. The molecule has 2 rings (SSSR count). The van der Waals surface area contributed by atoms with Gasteiger partial charge in [0.05, 0.1) is 0 Å². The number of nitrogens with zero attached hydrogens (tertiary/aromatic N) is 2. The van der Waals surface area contributed by atoms with E-state index in [-0.39, 0.29) is 5.82 Å². The van der Waals surface area contributed by atoms with E-state index in [2.05, 4.69) is 20.6 Å². The number of nitrogens with one attached hydrogen (secondary N) is 2. The first-order valence-electron chi connectivity index (χ1n) is 4.80. The lowest BCUT2D eigenvalue weighted by molar-refractivity contribution is 0.544. The van der Waals surface area contributed by atoms with Crippen molar-refractivity contribution in [2.45, 2.75) is 13.0 Å². The van der Waals surface area contributed by atoms with Crippen LogP contribution >= 0.6 is 0 Å². The molecule has 0 aliphatic carbocycles. The Morgan fingerprint density at radius 1 is 1.50 bits per heavy atom. The number of benzene rings is 1. The van der Waals surface area contributed by atoms with Crippen LogP contribution in [-0.2, 0) is 0 Å². The van der Waals surface area contributed by atoms with Crippen molar-refractivity contribution in [3.05, 3.63) is 47.3 Å². The quantitative estimate of drug-likeness (QED) is 0.529. The van der Waals surface area contributed by atoms with Crippen molar-refractivity contribution < 1.29 is 4.39 Å².